The number of aromatic nitrogens is 3. The maximum atomic E-state index is 5.66. The summed E-state index contributed by atoms with van der Waals surface area (Å²) in [6.07, 6.45) is 1.77. The predicted octanol–water partition coefficient (Wildman–Crippen LogP) is 2.52. The number of hydrogen-bond acceptors (Lipinski definition) is 3. The fraction of sp³-hybridized carbons (Fsp3) is 0.0769. The highest BCUT2D eigenvalue weighted by molar-refractivity contribution is 5.78. The lowest BCUT2D eigenvalue weighted by atomic mass is 10.2. The minimum absolute atomic E-state index is 0.747. The van der Waals surface area contributed by atoms with Gasteiger partial charge in [0.25, 0.3) is 0 Å². The second-order valence-electron chi connectivity index (χ2n) is 4.03. The van der Waals surface area contributed by atoms with Crippen molar-refractivity contribution < 1.29 is 0 Å². The fourth-order valence-corrected chi connectivity index (χ4v) is 1.81. The van der Waals surface area contributed by atoms with Crippen molar-refractivity contribution in [1.82, 2.24) is 15.0 Å². The summed E-state index contributed by atoms with van der Waals surface area (Å²) in [7, 11) is 0. The number of fused-ring (bicyclic) bond motifs is 1. The van der Waals surface area contributed by atoms with Crippen LogP contribution in [0.15, 0.2) is 36.5 Å². The van der Waals surface area contributed by atoms with Gasteiger partial charge in [-0.25, -0.2) is 9.97 Å². The van der Waals surface area contributed by atoms with Crippen molar-refractivity contribution in [2.45, 2.75) is 6.92 Å². The van der Waals surface area contributed by atoms with Gasteiger partial charge in [0.2, 0.25) is 0 Å². The molecule has 0 amide bonds. The third kappa shape index (κ3) is 1.63. The summed E-state index contributed by atoms with van der Waals surface area (Å²) in [5, 5.41) is 0. The van der Waals surface area contributed by atoms with E-state index in [2.05, 4.69) is 15.0 Å². The molecule has 0 aliphatic carbocycles. The van der Waals surface area contributed by atoms with Gasteiger partial charge in [0.05, 0.1) is 5.52 Å². The van der Waals surface area contributed by atoms with Gasteiger partial charge < -0.3 is 10.7 Å². The summed E-state index contributed by atoms with van der Waals surface area (Å²) in [5.41, 5.74) is 10.3. The van der Waals surface area contributed by atoms with Gasteiger partial charge in [-0.2, -0.15) is 0 Å². The second kappa shape index (κ2) is 3.59. The van der Waals surface area contributed by atoms with Crippen LogP contribution in [0.3, 0.4) is 0 Å². The first-order chi connectivity index (χ1) is 8.24. The van der Waals surface area contributed by atoms with Crippen LogP contribution >= 0.6 is 0 Å². The number of rotatable bonds is 1. The minimum Gasteiger partial charge on any atom is -0.399 e. The molecule has 0 atom stereocenters. The van der Waals surface area contributed by atoms with Gasteiger partial charge in [-0.1, -0.05) is 0 Å². The van der Waals surface area contributed by atoms with E-state index in [9.17, 15) is 0 Å². The van der Waals surface area contributed by atoms with Crippen molar-refractivity contribution in [2.24, 2.45) is 0 Å². The van der Waals surface area contributed by atoms with Crippen LogP contribution in [-0.2, 0) is 0 Å². The Morgan fingerprint density at radius 2 is 1.88 bits per heavy atom. The zero-order chi connectivity index (χ0) is 11.8. The molecule has 4 heteroatoms. The Kier molecular flexibility index (Phi) is 2.08. The van der Waals surface area contributed by atoms with Gasteiger partial charge in [-0.05, 0) is 42.8 Å². The lowest BCUT2D eigenvalue weighted by molar-refractivity contribution is 1.30. The van der Waals surface area contributed by atoms with E-state index in [1.54, 1.807) is 6.20 Å². The maximum Gasteiger partial charge on any atom is 0.178 e. The number of pyridine rings is 1. The van der Waals surface area contributed by atoms with Crippen LogP contribution in [0.5, 0.6) is 0 Å². The van der Waals surface area contributed by atoms with E-state index < -0.39 is 0 Å². The Labute approximate surface area is 98.5 Å². The Balaban J connectivity index is 2.18. The molecule has 3 rings (SSSR count). The molecule has 17 heavy (non-hydrogen) atoms. The number of aryl methyl sites for hydroxylation is 1. The Hall–Kier alpha value is -2.36. The van der Waals surface area contributed by atoms with Crippen molar-refractivity contribution in [3.63, 3.8) is 0 Å². The lowest BCUT2D eigenvalue weighted by Gasteiger charge is -1.96. The van der Waals surface area contributed by atoms with Crippen molar-refractivity contribution in [2.75, 3.05) is 5.73 Å². The molecule has 4 nitrogen and oxygen atoms in total. The van der Waals surface area contributed by atoms with Crippen molar-refractivity contribution in [1.29, 1.82) is 0 Å². The van der Waals surface area contributed by atoms with Gasteiger partial charge >= 0.3 is 0 Å². The van der Waals surface area contributed by atoms with Crippen molar-refractivity contribution in [3.05, 3.63) is 42.1 Å². The molecule has 0 saturated heterocycles. The second-order valence-corrected chi connectivity index (χ2v) is 4.03. The van der Waals surface area contributed by atoms with E-state index in [0.717, 1.165) is 33.8 Å². The number of nitrogens with zero attached hydrogens (tertiary/aromatic N) is 2. The monoisotopic (exact) mass is 224 g/mol. The van der Waals surface area contributed by atoms with Crippen molar-refractivity contribution >= 4 is 16.9 Å². The molecule has 2 heterocycles. The number of nitrogens with two attached hydrogens (primary N) is 1. The van der Waals surface area contributed by atoms with Gasteiger partial charge in [0.1, 0.15) is 5.82 Å². The zero-order valence-electron chi connectivity index (χ0n) is 9.44. The third-order valence-electron chi connectivity index (χ3n) is 2.78. The molecular weight excluding hydrogens is 212 g/mol. The Morgan fingerprint density at radius 1 is 1.12 bits per heavy atom. The third-order valence-corrected chi connectivity index (χ3v) is 2.78. The molecule has 0 saturated carbocycles. The molecule has 2 aromatic heterocycles. The molecule has 84 valence electrons. The summed E-state index contributed by atoms with van der Waals surface area (Å²) in [5.74, 6) is 0.821. The first-order valence-electron chi connectivity index (χ1n) is 5.41. The Bertz CT molecular complexity index is 667. The van der Waals surface area contributed by atoms with Crippen LogP contribution < -0.4 is 5.73 Å². The Morgan fingerprint density at radius 3 is 2.59 bits per heavy atom. The fourth-order valence-electron chi connectivity index (χ4n) is 1.81. The number of hydrogen-bond donors (Lipinski definition) is 2. The smallest absolute Gasteiger partial charge is 0.178 e. The summed E-state index contributed by atoms with van der Waals surface area (Å²) in [6, 6.07) is 9.59. The molecule has 0 bridgehead atoms. The average molecular weight is 224 g/mol. The summed E-state index contributed by atoms with van der Waals surface area (Å²) in [4.78, 5) is 12.0. The number of aromatic amines is 1. The van der Waals surface area contributed by atoms with Crippen molar-refractivity contribution in [3.8, 4) is 11.4 Å². The van der Waals surface area contributed by atoms with Crippen LogP contribution in [0, 0.1) is 6.92 Å². The summed E-state index contributed by atoms with van der Waals surface area (Å²) >= 11 is 0. The highest BCUT2D eigenvalue weighted by Crippen LogP contribution is 2.21. The zero-order valence-corrected chi connectivity index (χ0v) is 9.44. The largest absolute Gasteiger partial charge is 0.399 e. The summed E-state index contributed by atoms with van der Waals surface area (Å²) in [6.45, 7) is 2.04. The molecule has 0 fully saturated rings. The van der Waals surface area contributed by atoms with E-state index in [0.29, 0.717) is 0 Å². The molecule has 0 unspecified atom stereocenters. The quantitative estimate of drug-likeness (QED) is 0.624. The van der Waals surface area contributed by atoms with E-state index in [4.69, 9.17) is 5.73 Å². The van der Waals surface area contributed by atoms with Crippen LogP contribution in [-0.4, -0.2) is 15.0 Å². The first-order valence-corrected chi connectivity index (χ1v) is 5.41. The number of benzene rings is 1. The normalized spacial score (nSPS) is 10.9. The van der Waals surface area contributed by atoms with Crippen LogP contribution in [0.4, 0.5) is 5.69 Å². The average Bonchev–Trinajstić information content (AvgIpc) is 2.75. The van der Waals surface area contributed by atoms with Crippen LogP contribution in [0.2, 0.25) is 0 Å². The standard InChI is InChI=1S/C13H12N4/c1-8-6-7-15-13-11(8)16-12(17-13)9-2-4-10(14)5-3-9/h2-7H,14H2,1H3,(H,15,16,17). The van der Waals surface area contributed by atoms with Gasteiger partial charge in [-0.3, -0.25) is 0 Å². The number of nitrogens with one attached hydrogen (secondary N) is 1. The van der Waals surface area contributed by atoms with Gasteiger partial charge in [-0.15, -0.1) is 0 Å². The van der Waals surface area contributed by atoms with Crippen LogP contribution in [0.25, 0.3) is 22.6 Å². The summed E-state index contributed by atoms with van der Waals surface area (Å²) < 4.78 is 0. The molecule has 3 N–H and O–H groups in total. The van der Waals surface area contributed by atoms with Gasteiger partial charge in [0.15, 0.2) is 5.65 Å². The van der Waals surface area contributed by atoms with E-state index in [-0.39, 0.29) is 0 Å². The molecular formula is C13H12N4. The molecule has 0 aliphatic rings. The molecule has 0 radical (unpaired) electrons. The van der Waals surface area contributed by atoms with E-state index >= 15 is 0 Å². The highest BCUT2D eigenvalue weighted by Gasteiger charge is 2.07. The molecule has 1 aromatic carbocycles. The molecule has 0 aliphatic heterocycles. The minimum atomic E-state index is 0.747. The van der Waals surface area contributed by atoms with E-state index in [1.807, 2.05) is 37.3 Å². The SMILES string of the molecule is Cc1ccnc2nc(-c3ccc(N)cc3)[nH]c12. The molecule has 0 spiro atoms. The number of H-pyrrole nitrogens is 1. The topological polar surface area (TPSA) is 67.6 Å². The number of anilines is 1. The number of imidazole rings is 1. The first kappa shape index (κ1) is 9.84. The highest BCUT2D eigenvalue weighted by atomic mass is 15.0. The predicted molar refractivity (Wildman–Crippen MR) is 68.5 cm³/mol. The molecule has 3 aromatic rings. The van der Waals surface area contributed by atoms with Crippen LogP contribution in [0.1, 0.15) is 5.56 Å². The van der Waals surface area contributed by atoms with Gasteiger partial charge in [0, 0.05) is 17.4 Å². The van der Waals surface area contributed by atoms with E-state index in [1.165, 1.54) is 0 Å². The number of nitrogen functional groups attached to an aromatic ring is 1. The lowest BCUT2D eigenvalue weighted by Crippen LogP contribution is -1.84. The maximum absolute atomic E-state index is 5.66.